The Kier molecular flexibility index (Phi) is 3.17. The van der Waals surface area contributed by atoms with Crippen molar-refractivity contribution in [2.45, 2.75) is 45.2 Å². The number of alkyl halides is 1. The minimum absolute atomic E-state index is 0.288. The summed E-state index contributed by atoms with van der Waals surface area (Å²) in [6.07, 6.45) is 1.62. The summed E-state index contributed by atoms with van der Waals surface area (Å²) in [6, 6.07) is 0. The van der Waals surface area contributed by atoms with E-state index in [2.05, 4.69) is 29.5 Å². The van der Waals surface area contributed by atoms with Crippen LogP contribution in [0.25, 0.3) is 0 Å². The van der Waals surface area contributed by atoms with Gasteiger partial charge in [-0.3, -0.25) is 0 Å². The number of hydrogen-bond acceptors (Lipinski definition) is 2. The maximum atomic E-state index is 5.67. The number of ether oxygens (including phenoxy) is 2. The molecular weight excluding hydrogens is 255 g/mol. The SMILES string of the molecule is CC[C@@H]1OC(C)(C)O[C@H]1CI. The first-order chi connectivity index (χ1) is 5.09. The van der Waals surface area contributed by atoms with Gasteiger partial charge in [-0.05, 0) is 20.3 Å². The summed E-state index contributed by atoms with van der Waals surface area (Å²) in [4.78, 5) is 0. The molecule has 66 valence electrons. The lowest BCUT2D eigenvalue weighted by Crippen LogP contribution is -2.22. The normalized spacial score (nSPS) is 36.0. The van der Waals surface area contributed by atoms with Gasteiger partial charge in [0.25, 0.3) is 0 Å². The first kappa shape index (κ1) is 9.74. The van der Waals surface area contributed by atoms with Crippen molar-refractivity contribution < 1.29 is 9.47 Å². The van der Waals surface area contributed by atoms with Crippen molar-refractivity contribution in [3.05, 3.63) is 0 Å². The molecule has 0 spiro atoms. The van der Waals surface area contributed by atoms with Crippen molar-refractivity contribution in [2.75, 3.05) is 4.43 Å². The molecule has 0 aromatic carbocycles. The van der Waals surface area contributed by atoms with Gasteiger partial charge in [-0.15, -0.1) is 0 Å². The third-order valence-electron chi connectivity index (χ3n) is 1.84. The van der Waals surface area contributed by atoms with Gasteiger partial charge in [0.05, 0.1) is 12.2 Å². The van der Waals surface area contributed by atoms with Gasteiger partial charge in [-0.2, -0.15) is 0 Å². The fraction of sp³-hybridized carbons (Fsp3) is 1.00. The molecule has 0 unspecified atom stereocenters. The Morgan fingerprint density at radius 3 is 2.18 bits per heavy atom. The fourth-order valence-corrected chi connectivity index (χ4v) is 2.13. The third kappa shape index (κ3) is 2.29. The Balaban J connectivity index is 2.55. The van der Waals surface area contributed by atoms with Crippen LogP contribution in [-0.4, -0.2) is 22.4 Å². The van der Waals surface area contributed by atoms with Gasteiger partial charge in [-0.25, -0.2) is 0 Å². The number of hydrogen-bond donors (Lipinski definition) is 0. The van der Waals surface area contributed by atoms with E-state index in [1.165, 1.54) is 0 Å². The quantitative estimate of drug-likeness (QED) is 0.566. The third-order valence-corrected chi connectivity index (χ3v) is 2.71. The van der Waals surface area contributed by atoms with Crippen molar-refractivity contribution in [2.24, 2.45) is 0 Å². The van der Waals surface area contributed by atoms with Crippen LogP contribution in [0.15, 0.2) is 0 Å². The number of rotatable bonds is 2. The van der Waals surface area contributed by atoms with Crippen molar-refractivity contribution in [3.8, 4) is 0 Å². The lowest BCUT2D eigenvalue weighted by molar-refractivity contribution is -0.144. The molecule has 1 aliphatic rings. The predicted octanol–water partition coefficient (Wildman–Crippen LogP) is 2.35. The summed E-state index contributed by atoms with van der Waals surface area (Å²) in [5.41, 5.74) is 0. The van der Waals surface area contributed by atoms with E-state index >= 15 is 0 Å². The molecule has 1 saturated heterocycles. The molecule has 0 saturated carbocycles. The first-order valence-corrected chi connectivity index (χ1v) is 5.53. The highest BCUT2D eigenvalue weighted by atomic mass is 127. The van der Waals surface area contributed by atoms with Crippen LogP contribution < -0.4 is 0 Å². The molecule has 1 rings (SSSR count). The summed E-state index contributed by atoms with van der Waals surface area (Å²) in [5, 5.41) is 0. The standard InChI is InChI=1S/C8H15IO2/c1-4-6-7(5-9)11-8(2,3)10-6/h6-7H,4-5H2,1-3H3/t6-,7-/m0/s1. The van der Waals surface area contributed by atoms with E-state index in [-0.39, 0.29) is 11.9 Å². The van der Waals surface area contributed by atoms with Crippen LogP contribution in [-0.2, 0) is 9.47 Å². The van der Waals surface area contributed by atoms with E-state index in [9.17, 15) is 0 Å². The molecule has 0 radical (unpaired) electrons. The molecule has 1 heterocycles. The summed E-state index contributed by atoms with van der Waals surface area (Å²) >= 11 is 2.34. The van der Waals surface area contributed by atoms with E-state index < -0.39 is 0 Å². The van der Waals surface area contributed by atoms with Crippen LogP contribution in [0, 0.1) is 0 Å². The van der Waals surface area contributed by atoms with Crippen LogP contribution in [0.5, 0.6) is 0 Å². The van der Waals surface area contributed by atoms with Gasteiger partial charge >= 0.3 is 0 Å². The second-order valence-corrected chi connectivity index (χ2v) is 4.16. The highest BCUT2D eigenvalue weighted by Gasteiger charge is 2.39. The van der Waals surface area contributed by atoms with E-state index in [4.69, 9.17) is 9.47 Å². The predicted molar refractivity (Wildman–Crippen MR) is 53.0 cm³/mol. The Bertz CT molecular complexity index is 122. The van der Waals surface area contributed by atoms with Crippen LogP contribution in [0.4, 0.5) is 0 Å². The van der Waals surface area contributed by atoms with Gasteiger partial charge in [0.1, 0.15) is 0 Å². The largest absolute Gasteiger partial charge is 0.345 e. The van der Waals surface area contributed by atoms with Crippen molar-refractivity contribution in [1.82, 2.24) is 0 Å². The van der Waals surface area contributed by atoms with Gasteiger partial charge in [0, 0.05) is 4.43 Å². The maximum absolute atomic E-state index is 5.67. The van der Waals surface area contributed by atoms with Gasteiger partial charge in [0.15, 0.2) is 5.79 Å². The van der Waals surface area contributed by atoms with Crippen LogP contribution in [0.2, 0.25) is 0 Å². The molecule has 3 heteroatoms. The van der Waals surface area contributed by atoms with Crippen LogP contribution >= 0.6 is 22.6 Å². The highest BCUT2D eigenvalue weighted by molar-refractivity contribution is 14.1. The van der Waals surface area contributed by atoms with Crippen LogP contribution in [0.1, 0.15) is 27.2 Å². The van der Waals surface area contributed by atoms with E-state index in [1.807, 2.05) is 13.8 Å². The first-order valence-electron chi connectivity index (χ1n) is 4.00. The summed E-state index contributed by atoms with van der Waals surface area (Å²) in [7, 11) is 0. The minimum atomic E-state index is -0.365. The molecule has 11 heavy (non-hydrogen) atoms. The molecular formula is C8H15IO2. The average molecular weight is 270 g/mol. The van der Waals surface area contributed by atoms with Crippen molar-refractivity contribution in [3.63, 3.8) is 0 Å². The highest BCUT2D eigenvalue weighted by Crippen LogP contribution is 2.30. The molecule has 1 aliphatic heterocycles. The Labute approximate surface area is 81.8 Å². The summed E-state index contributed by atoms with van der Waals surface area (Å²) in [5.74, 6) is -0.365. The molecule has 1 fully saturated rings. The summed E-state index contributed by atoms with van der Waals surface area (Å²) < 4.78 is 12.4. The zero-order valence-corrected chi connectivity index (χ0v) is 9.42. The molecule has 0 aliphatic carbocycles. The topological polar surface area (TPSA) is 18.5 Å². The molecule has 2 nitrogen and oxygen atoms in total. The molecule has 2 atom stereocenters. The van der Waals surface area contributed by atoms with E-state index in [0.29, 0.717) is 6.10 Å². The smallest absolute Gasteiger partial charge is 0.163 e. The second-order valence-electron chi connectivity index (χ2n) is 3.27. The molecule has 0 amide bonds. The maximum Gasteiger partial charge on any atom is 0.163 e. The molecule has 0 aromatic heterocycles. The minimum Gasteiger partial charge on any atom is -0.345 e. The lowest BCUT2D eigenvalue weighted by atomic mass is 10.2. The Morgan fingerprint density at radius 2 is 1.82 bits per heavy atom. The second kappa shape index (κ2) is 3.58. The zero-order chi connectivity index (χ0) is 8.48. The monoisotopic (exact) mass is 270 g/mol. The van der Waals surface area contributed by atoms with Crippen molar-refractivity contribution in [1.29, 1.82) is 0 Å². The van der Waals surface area contributed by atoms with Crippen LogP contribution in [0.3, 0.4) is 0 Å². The Hall–Kier alpha value is 0.650. The van der Waals surface area contributed by atoms with E-state index in [0.717, 1.165) is 10.8 Å². The van der Waals surface area contributed by atoms with Gasteiger partial charge < -0.3 is 9.47 Å². The van der Waals surface area contributed by atoms with Gasteiger partial charge in [0.2, 0.25) is 0 Å². The number of halogens is 1. The lowest BCUT2D eigenvalue weighted by Gasteiger charge is -2.16. The average Bonchev–Trinajstić information content (AvgIpc) is 2.25. The fourth-order valence-electron chi connectivity index (χ4n) is 1.39. The Morgan fingerprint density at radius 1 is 1.27 bits per heavy atom. The zero-order valence-electron chi connectivity index (χ0n) is 7.26. The molecule has 0 N–H and O–H groups in total. The van der Waals surface area contributed by atoms with Gasteiger partial charge in [-0.1, -0.05) is 29.5 Å². The van der Waals surface area contributed by atoms with E-state index in [1.54, 1.807) is 0 Å². The molecule has 0 aromatic rings. The summed E-state index contributed by atoms with van der Waals surface area (Å²) in [6.45, 7) is 6.08. The van der Waals surface area contributed by atoms with Crippen molar-refractivity contribution >= 4 is 22.6 Å². The molecule has 0 bridgehead atoms.